The van der Waals surface area contributed by atoms with Crippen LogP contribution in [0, 0.1) is 11.8 Å². The summed E-state index contributed by atoms with van der Waals surface area (Å²) in [6.45, 7) is 14.2. The van der Waals surface area contributed by atoms with Gasteiger partial charge in [0.2, 0.25) is 0 Å². The van der Waals surface area contributed by atoms with Crippen LogP contribution in [0.15, 0.2) is 0 Å². The molecule has 3 fully saturated rings. The van der Waals surface area contributed by atoms with E-state index in [2.05, 4.69) is 40.6 Å². The van der Waals surface area contributed by atoms with E-state index in [1.54, 1.807) is 0 Å². The molecule has 0 amide bonds. The lowest BCUT2D eigenvalue weighted by molar-refractivity contribution is 0.0639. The Balaban J connectivity index is 1.47. The molecule has 4 nitrogen and oxygen atoms in total. The van der Waals surface area contributed by atoms with Crippen molar-refractivity contribution in [3.05, 3.63) is 0 Å². The number of likely N-dealkylation sites (tertiary alicyclic amines) is 2. The first-order chi connectivity index (χ1) is 11.6. The van der Waals surface area contributed by atoms with Gasteiger partial charge in [-0.15, -0.1) is 0 Å². The Hall–Kier alpha value is -0.160. The predicted octanol–water partition coefficient (Wildman–Crippen LogP) is 2.07. The van der Waals surface area contributed by atoms with E-state index in [1.165, 1.54) is 91.0 Å². The third-order valence-electron chi connectivity index (χ3n) is 6.65. The lowest BCUT2D eigenvalue weighted by atomic mass is 9.90. The second kappa shape index (κ2) is 8.98. The van der Waals surface area contributed by atoms with E-state index in [0.29, 0.717) is 0 Å². The number of likely N-dealkylation sites (N-methyl/N-ethyl adjacent to an activating group) is 1. The Bertz CT molecular complexity index is 375. The highest BCUT2D eigenvalue weighted by Gasteiger charge is 2.29. The maximum atomic E-state index is 2.84. The lowest BCUT2D eigenvalue weighted by Gasteiger charge is -2.42. The van der Waals surface area contributed by atoms with Crippen LogP contribution in [-0.4, -0.2) is 98.6 Å². The van der Waals surface area contributed by atoms with E-state index in [0.717, 1.165) is 17.9 Å². The van der Waals surface area contributed by atoms with Crippen molar-refractivity contribution in [3.8, 4) is 0 Å². The van der Waals surface area contributed by atoms with Gasteiger partial charge in [0.05, 0.1) is 0 Å². The zero-order valence-electron chi connectivity index (χ0n) is 16.4. The molecule has 0 aromatic rings. The normalized spacial score (nSPS) is 35.9. The maximum absolute atomic E-state index is 2.84. The maximum Gasteiger partial charge on any atom is 0.0109 e. The molecule has 0 spiro atoms. The third-order valence-corrected chi connectivity index (χ3v) is 6.65. The van der Waals surface area contributed by atoms with Gasteiger partial charge in [-0.25, -0.2) is 0 Å². The summed E-state index contributed by atoms with van der Waals surface area (Å²) in [6, 6.07) is 0.795. The summed E-state index contributed by atoms with van der Waals surface area (Å²) < 4.78 is 0. The lowest BCUT2D eigenvalue weighted by Crippen LogP contribution is -2.49. The van der Waals surface area contributed by atoms with Crippen molar-refractivity contribution in [3.63, 3.8) is 0 Å². The number of nitrogens with zero attached hydrogens (tertiary/aromatic N) is 4. The van der Waals surface area contributed by atoms with Gasteiger partial charge in [0.1, 0.15) is 0 Å². The van der Waals surface area contributed by atoms with Crippen LogP contribution < -0.4 is 0 Å². The van der Waals surface area contributed by atoms with Gasteiger partial charge in [-0.05, 0) is 84.6 Å². The van der Waals surface area contributed by atoms with Crippen LogP contribution >= 0.6 is 0 Å². The van der Waals surface area contributed by atoms with Gasteiger partial charge >= 0.3 is 0 Å². The fraction of sp³-hybridized carbons (Fsp3) is 1.00. The van der Waals surface area contributed by atoms with Gasteiger partial charge in [-0.2, -0.15) is 0 Å². The summed E-state index contributed by atoms with van der Waals surface area (Å²) in [5, 5.41) is 0. The first-order valence-corrected chi connectivity index (χ1v) is 10.4. The molecular weight excluding hydrogens is 296 g/mol. The van der Waals surface area contributed by atoms with Crippen molar-refractivity contribution >= 4 is 0 Å². The van der Waals surface area contributed by atoms with Crippen LogP contribution in [0.1, 0.15) is 39.0 Å². The number of hydrogen-bond donors (Lipinski definition) is 0. The minimum Gasteiger partial charge on any atom is -0.306 e. The topological polar surface area (TPSA) is 13.0 Å². The highest BCUT2D eigenvalue weighted by Crippen LogP contribution is 2.26. The quantitative estimate of drug-likeness (QED) is 0.779. The largest absolute Gasteiger partial charge is 0.306 e. The number of piperidine rings is 2. The van der Waals surface area contributed by atoms with Crippen LogP contribution in [0.3, 0.4) is 0 Å². The molecule has 3 heterocycles. The first kappa shape index (κ1) is 18.6. The molecule has 0 aromatic carbocycles. The molecule has 3 saturated heterocycles. The average Bonchev–Trinajstić information content (AvgIpc) is 2.75. The van der Waals surface area contributed by atoms with Crippen LogP contribution in [-0.2, 0) is 0 Å². The SMILES string of the molecule is CC1CCC(CN2CCCN(C)CC2)CN1CC1CCCN(C)C1. The Morgan fingerprint density at radius 2 is 1.50 bits per heavy atom. The van der Waals surface area contributed by atoms with E-state index in [9.17, 15) is 0 Å². The van der Waals surface area contributed by atoms with E-state index in [-0.39, 0.29) is 0 Å². The second-order valence-electron chi connectivity index (χ2n) is 8.97. The molecular formula is C20H40N4. The molecule has 0 N–H and O–H groups in total. The van der Waals surface area contributed by atoms with Gasteiger partial charge in [0, 0.05) is 45.3 Å². The molecule has 4 heteroatoms. The molecule has 0 aromatic heterocycles. The standard InChI is InChI=1S/C20H40N4/c1-18-7-8-20(15-23-11-5-10-21(2)12-13-23)17-24(18)16-19-6-4-9-22(3)14-19/h18-20H,4-17H2,1-3H3. The summed E-state index contributed by atoms with van der Waals surface area (Å²) in [7, 11) is 4.57. The minimum absolute atomic E-state index is 0.795. The van der Waals surface area contributed by atoms with Crippen molar-refractivity contribution in [1.29, 1.82) is 0 Å². The van der Waals surface area contributed by atoms with E-state index < -0.39 is 0 Å². The summed E-state index contributed by atoms with van der Waals surface area (Å²) in [5.41, 5.74) is 0. The van der Waals surface area contributed by atoms with E-state index in [1.807, 2.05) is 0 Å². The molecule has 3 aliphatic rings. The van der Waals surface area contributed by atoms with Gasteiger partial charge in [-0.1, -0.05) is 0 Å². The smallest absolute Gasteiger partial charge is 0.0109 e. The molecule has 0 bridgehead atoms. The molecule has 0 saturated carbocycles. The van der Waals surface area contributed by atoms with E-state index in [4.69, 9.17) is 0 Å². The number of rotatable bonds is 4. The average molecular weight is 337 g/mol. The summed E-state index contributed by atoms with van der Waals surface area (Å²) >= 11 is 0. The highest BCUT2D eigenvalue weighted by molar-refractivity contribution is 4.84. The van der Waals surface area contributed by atoms with Crippen molar-refractivity contribution in [1.82, 2.24) is 19.6 Å². The minimum atomic E-state index is 0.795. The van der Waals surface area contributed by atoms with Gasteiger partial charge < -0.3 is 19.6 Å². The van der Waals surface area contributed by atoms with Gasteiger partial charge in [0.15, 0.2) is 0 Å². The summed E-state index contributed by atoms with van der Waals surface area (Å²) in [4.78, 5) is 10.6. The van der Waals surface area contributed by atoms with Crippen molar-refractivity contribution in [2.75, 3.05) is 73.0 Å². The van der Waals surface area contributed by atoms with Gasteiger partial charge in [-0.3, -0.25) is 0 Å². The van der Waals surface area contributed by atoms with Crippen LogP contribution in [0.2, 0.25) is 0 Å². The Morgan fingerprint density at radius 1 is 0.708 bits per heavy atom. The van der Waals surface area contributed by atoms with Crippen molar-refractivity contribution in [2.24, 2.45) is 11.8 Å². The fourth-order valence-electron chi connectivity index (χ4n) is 5.07. The molecule has 0 aliphatic carbocycles. The molecule has 3 atom stereocenters. The summed E-state index contributed by atoms with van der Waals surface area (Å²) in [5.74, 6) is 1.79. The highest BCUT2D eigenvalue weighted by atomic mass is 15.2. The molecule has 0 radical (unpaired) electrons. The number of hydrogen-bond acceptors (Lipinski definition) is 4. The Labute approximate surface area is 150 Å². The van der Waals surface area contributed by atoms with Crippen molar-refractivity contribution < 1.29 is 0 Å². The zero-order valence-corrected chi connectivity index (χ0v) is 16.4. The van der Waals surface area contributed by atoms with Crippen LogP contribution in [0.5, 0.6) is 0 Å². The zero-order chi connectivity index (χ0) is 16.9. The molecule has 3 aliphatic heterocycles. The monoisotopic (exact) mass is 336 g/mol. The fourth-order valence-corrected chi connectivity index (χ4v) is 5.07. The van der Waals surface area contributed by atoms with E-state index >= 15 is 0 Å². The molecule has 140 valence electrons. The molecule has 3 unspecified atom stereocenters. The third kappa shape index (κ3) is 5.42. The first-order valence-electron chi connectivity index (χ1n) is 10.4. The summed E-state index contributed by atoms with van der Waals surface area (Å²) in [6.07, 6.45) is 7.03. The van der Waals surface area contributed by atoms with Crippen LogP contribution in [0.4, 0.5) is 0 Å². The second-order valence-corrected chi connectivity index (χ2v) is 8.97. The molecule has 3 rings (SSSR count). The van der Waals surface area contributed by atoms with Gasteiger partial charge in [0.25, 0.3) is 0 Å². The Kier molecular flexibility index (Phi) is 6.97. The van der Waals surface area contributed by atoms with Crippen LogP contribution in [0.25, 0.3) is 0 Å². The molecule has 24 heavy (non-hydrogen) atoms. The Morgan fingerprint density at radius 3 is 2.33 bits per heavy atom. The van der Waals surface area contributed by atoms with Crippen molar-refractivity contribution in [2.45, 2.75) is 45.1 Å². The predicted molar refractivity (Wildman–Crippen MR) is 103 cm³/mol.